The molecule has 0 unspecified atom stereocenters. The van der Waals surface area contributed by atoms with Crippen LogP contribution in [0.25, 0.3) is 0 Å². The largest absolute Gasteiger partial charge is 0.476 e. The van der Waals surface area contributed by atoms with Crippen LogP contribution in [0.15, 0.2) is 39.8 Å². The maximum Gasteiger partial charge on any atom is 0.357 e. The lowest BCUT2D eigenvalue weighted by Gasteiger charge is -2.07. The van der Waals surface area contributed by atoms with Crippen molar-refractivity contribution in [2.45, 2.75) is 18.2 Å². The van der Waals surface area contributed by atoms with Gasteiger partial charge in [-0.05, 0) is 25.5 Å². The van der Waals surface area contributed by atoms with Gasteiger partial charge in [-0.15, -0.1) is 0 Å². The van der Waals surface area contributed by atoms with E-state index in [1.807, 2.05) is 6.92 Å². The summed E-state index contributed by atoms with van der Waals surface area (Å²) in [5.41, 5.74) is 0.799. The van der Waals surface area contributed by atoms with Crippen LogP contribution < -0.4 is 10.0 Å². The summed E-state index contributed by atoms with van der Waals surface area (Å²) < 4.78 is 31.5. The van der Waals surface area contributed by atoms with Crippen molar-refractivity contribution in [3.8, 4) is 0 Å². The highest BCUT2D eigenvalue weighted by Gasteiger charge is 2.13. The number of aryl methyl sites for hydroxylation is 1. The molecule has 0 saturated heterocycles. The summed E-state index contributed by atoms with van der Waals surface area (Å²) in [6.45, 7) is 2.50. The Morgan fingerprint density at radius 1 is 1.26 bits per heavy atom. The first-order valence-electron chi connectivity index (χ1n) is 6.87. The van der Waals surface area contributed by atoms with Crippen molar-refractivity contribution in [2.24, 2.45) is 0 Å². The number of oxazole rings is 1. The third kappa shape index (κ3) is 4.80. The molecule has 8 nitrogen and oxygen atoms in total. The van der Waals surface area contributed by atoms with E-state index in [1.54, 1.807) is 24.3 Å². The molecule has 0 fully saturated rings. The van der Waals surface area contributed by atoms with Crippen LogP contribution in [0.5, 0.6) is 0 Å². The molecule has 23 heavy (non-hydrogen) atoms. The summed E-state index contributed by atoms with van der Waals surface area (Å²) in [6.07, 6.45) is 1.51. The molecule has 0 aliphatic rings. The molecule has 0 atom stereocenters. The number of nitrogens with zero attached hydrogens (tertiary/aromatic N) is 1. The number of aromatic carboxylic acids is 1. The van der Waals surface area contributed by atoms with Gasteiger partial charge in [0.2, 0.25) is 10.0 Å². The summed E-state index contributed by atoms with van der Waals surface area (Å²) in [5.74, 6) is -1.17. The molecule has 1 aromatic heterocycles. The van der Waals surface area contributed by atoms with Gasteiger partial charge in [0.25, 0.3) is 6.01 Å². The Kier molecular flexibility index (Phi) is 5.35. The van der Waals surface area contributed by atoms with Crippen molar-refractivity contribution in [2.75, 3.05) is 18.4 Å². The van der Waals surface area contributed by atoms with E-state index in [1.165, 1.54) is 0 Å². The van der Waals surface area contributed by atoms with E-state index in [4.69, 9.17) is 9.52 Å². The van der Waals surface area contributed by atoms with Crippen molar-refractivity contribution in [3.63, 3.8) is 0 Å². The average molecular weight is 339 g/mol. The van der Waals surface area contributed by atoms with E-state index < -0.39 is 16.0 Å². The Morgan fingerprint density at radius 2 is 1.96 bits per heavy atom. The molecule has 1 heterocycles. The van der Waals surface area contributed by atoms with E-state index >= 15 is 0 Å². The Hall–Kier alpha value is -2.39. The van der Waals surface area contributed by atoms with Gasteiger partial charge in [0.15, 0.2) is 5.69 Å². The second kappa shape index (κ2) is 7.25. The number of carboxylic acid groups (broad SMARTS) is 1. The third-order valence-corrected chi connectivity index (χ3v) is 4.45. The number of anilines is 1. The maximum atomic E-state index is 12.0. The number of nitrogens with one attached hydrogen (secondary N) is 2. The Bertz CT molecular complexity index is 768. The molecule has 3 N–H and O–H groups in total. The van der Waals surface area contributed by atoms with Gasteiger partial charge in [0.05, 0.1) is 4.90 Å². The fourth-order valence-corrected chi connectivity index (χ4v) is 2.82. The Labute approximate surface area is 133 Å². The second-order valence-corrected chi connectivity index (χ2v) is 6.60. The summed E-state index contributed by atoms with van der Waals surface area (Å²) in [4.78, 5) is 14.5. The zero-order chi connectivity index (χ0) is 16.9. The van der Waals surface area contributed by atoms with Gasteiger partial charge in [0, 0.05) is 13.1 Å². The number of carbonyl (C=O) groups is 1. The van der Waals surface area contributed by atoms with Crippen molar-refractivity contribution in [1.29, 1.82) is 0 Å². The van der Waals surface area contributed by atoms with Crippen molar-refractivity contribution < 1.29 is 22.7 Å². The molecular weight excluding hydrogens is 322 g/mol. The summed E-state index contributed by atoms with van der Waals surface area (Å²) in [7, 11) is -3.52. The van der Waals surface area contributed by atoms with Crippen LogP contribution in [-0.2, 0) is 10.0 Å². The molecule has 0 radical (unpaired) electrons. The van der Waals surface area contributed by atoms with Crippen molar-refractivity contribution in [1.82, 2.24) is 9.71 Å². The van der Waals surface area contributed by atoms with Crippen molar-refractivity contribution in [3.05, 3.63) is 41.8 Å². The first kappa shape index (κ1) is 17.0. The number of benzene rings is 1. The average Bonchev–Trinajstić information content (AvgIpc) is 2.96. The van der Waals surface area contributed by atoms with E-state index in [9.17, 15) is 13.2 Å². The zero-order valence-corrected chi connectivity index (χ0v) is 13.3. The SMILES string of the molecule is Cc1ccc(S(=O)(=O)NCCCNc2nc(C(=O)O)co2)cc1. The lowest BCUT2D eigenvalue weighted by Crippen LogP contribution is -2.26. The number of hydrogen-bond donors (Lipinski definition) is 3. The highest BCUT2D eigenvalue weighted by atomic mass is 32.2. The quantitative estimate of drug-likeness (QED) is 0.622. The number of sulfonamides is 1. The fourth-order valence-electron chi connectivity index (χ4n) is 1.74. The Morgan fingerprint density at radius 3 is 2.57 bits per heavy atom. The maximum absolute atomic E-state index is 12.0. The molecule has 0 bridgehead atoms. The van der Waals surface area contributed by atoms with Gasteiger partial charge in [0.1, 0.15) is 6.26 Å². The molecule has 2 rings (SSSR count). The van der Waals surface area contributed by atoms with Gasteiger partial charge in [-0.2, -0.15) is 4.98 Å². The first-order valence-corrected chi connectivity index (χ1v) is 8.36. The molecule has 2 aromatic rings. The minimum absolute atomic E-state index is 0.0868. The molecule has 0 saturated carbocycles. The predicted molar refractivity (Wildman–Crippen MR) is 82.9 cm³/mol. The van der Waals surface area contributed by atoms with E-state index in [2.05, 4.69) is 15.0 Å². The molecule has 0 aliphatic carbocycles. The van der Waals surface area contributed by atoms with Crippen molar-refractivity contribution >= 4 is 22.0 Å². The lowest BCUT2D eigenvalue weighted by atomic mass is 10.2. The third-order valence-electron chi connectivity index (χ3n) is 2.98. The summed E-state index contributed by atoms with van der Waals surface area (Å²) in [6, 6.07) is 6.66. The van der Waals surface area contributed by atoms with Gasteiger partial charge in [-0.3, -0.25) is 0 Å². The molecule has 0 aliphatic heterocycles. The summed E-state index contributed by atoms with van der Waals surface area (Å²) >= 11 is 0. The highest BCUT2D eigenvalue weighted by molar-refractivity contribution is 7.89. The fraction of sp³-hybridized carbons (Fsp3) is 0.286. The van der Waals surface area contributed by atoms with Crippen LogP contribution in [0.4, 0.5) is 6.01 Å². The normalized spacial score (nSPS) is 11.3. The van der Waals surface area contributed by atoms with Crippen LogP contribution >= 0.6 is 0 Å². The predicted octanol–water partition coefficient (Wildman–Crippen LogP) is 1.46. The van der Waals surface area contributed by atoms with Gasteiger partial charge in [-0.25, -0.2) is 17.9 Å². The Balaban J connectivity index is 1.76. The summed E-state index contributed by atoms with van der Waals surface area (Å²) in [5, 5.41) is 11.5. The number of aromatic nitrogens is 1. The van der Waals surface area contributed by atoms with Gasteiger partial charge in [-0.1, -0.05) is 17.7 Å². The van der Waals surface area contributed by atoms with Crippen LogP contribution in [-0.4, -0.2) is 37.6 Å². The van der Waals surface area contributed by atoms with E-state index in [-0.39, 0.29) is 23.1 Å². The number of hydrogen-bond acceptors (Lipinski definition) is 6. The smallest absolute Gasteiger partial charge is 0.357 e. The monoisotopic (exact) mass is 339 g/mol. The lowest BCUT2D eigenvalue weighted by molar-refractivity contribution is 0.0690. The minimum atomic E-state index is -3.52. The number of rotatable bonds is 8. The van der Waals surface area contributed by atoms with E-state index in [0.717, 1.165) is 11.8 Å². The molecule has 0 amide bonds. The van der Waals surface area contributed by atoms with Crippen LogP contribution in [0.1, 0.15) is 22.5 Å². The molecular formula is C14H17N3O5S. The molecule has 124 valence electrons. The topological polar surface area (TPSA) is 122 Å². The second-order valence-electron chi connectivity index (χ2n) is 4.83. The number of carboxylic acids is 1. The molecule has 0 spiro atoms. The zero-order valence-electron chi connectivity index (χ0n) is 12.4. The van der Waals surface area contributed by atoms with Gasteiger partial charge < -0.3 is 14.8 Å². The van der Waals surface area contributed by atoms with Gasteiger partial charge >= 0.3 is 5.97 Å². The molecule has 9 heteroatoms. The highest BCUT2D eigenvalue weighted by Crippen LogP contribution is 2.10. The van der Waals surface area contributed by atoms with Crippen LogP contribution in [0, 0.1) is 6.92 Å². The standard InChI is InChI=1S/C14H17N3O5S/c1-10-3-5-11(6-4-10)23(20,21)16-8-2-7-15-14-17-12(9-22-14)13(18)19/h3-6,9,16H,2,7-8H2,1H3,(H,15,17)(H,18,19). The first-order chi connectivity index (χ1) is 10.9. The molecule has 1 aromatic carbocycles. The van der Waals surface area contributed by atoms with Crippen LogP contribution in [0.3, 0.4) is 0 Å². The minimum Gasteiger partial charge on any atom is -0.476 e. The van der Waals surface area contributed by atoms with E-state index in [0.29, 0.717) is 13.0 Å². The van der Waals surface area contributed by atoms with Crippen LogP contribution in [0.2, 0.25) is 0 Å².